The number of hydrogen-bond donors (Lipinski definition) is 0. The highest BCUT2D eigenvalue weighted by Gasteiger charge is 2.54. The lowest BCUT2D eigenvalue weighted by Crippen LogP contribution is -2.36. The van der Waals surface area contributed by atoms with Crippen molar-refractivity contribution in [1.82, 2.24) is 4.98 Å². The molecule has 164 valence electrons. The first kappa shape index (κ1) is 21.9. The quantitative estimate of drug-likeness (QED) is 0.417. The maximum absolute atomic E-state index is 13.3. The zero-order valence-electron chi connectivity index (χ0n) is 18.4. The third-order valence-electron chi connectivity index (χ3n) is 5.61. The zero-order chi connectivity index (χ0) is 23.0. The Morgan fingerprint density at radius 1 is 1.06 bits per heavy atom. The minimum atomic E-state index is -1.11. The van der Waals surface area contributed by atoms with Gasteiger partial charge in [0.25, 0.3) is 5.91 Å². The molecule has 0 aliphatic carbocycles. The maximum atomic E-state index is 13.3. The van der Waals surface area contributed by atoms with Crippen molar-refractivity contribution in [2.75, 3.05) is 12.0 Å². The van der Waals surface area contributed by atoms with Crippen LogP contribution in [-0.2, 0) is 14.4 Å². The lowest BCUT2D eigenvalue weighted by atomic mass is 9.77. The average Bonchev–Trinajstić information content (AvgIpc) is 3.40. The molecular formula is C25H24N2O4S. The largest absolute Gasteiger partial charge is 0.496 e. The molecule has 4 rings (SSSR count). The third kappa shape index (κ3) is 3.73. The smallest absolute Gasteiger partial charge is 0.295 e. The van der Waals surface area contributed by atoms with Crippen molar-refractivity contribution in [3.8, 4) is 16.3 Å². The highest BCUT2D eigenvalue weighted by atomic mass is 32.1. The first-order valence-electron chi connectivity index (χ1n) is 10.3. The van der Waals surface area contributed by atoms with Crippen LogP contribution in [0.1, 0.15) is 32.4 Å². The molecule has 0 saturated carbocycles. The van der Waals surface area contributed by atoms with Crippen LogP contribution in [0.4, 0.5) is 5.69 Å². The standard InChI is InChI=1S/C25H24N2O4S/c1-25(2,3)22(29)19-20(17-7-5-6-8-18(17)31-4)27(24(30)21(19)28)16-11-9-15(10-12-16)23-26-13-14-32-23/h5-14,19-20H,1-4H3. The summed E-state index contributed by atoms with van der Waals surface area (Å²) in [6.45, 7) is 5.29. The summed E-state index contributed by atoms with van der Waals surface area (Å²) in [6.07, 6.45) is 1.73. The molecule has 32 heavy (non-hydrogen) atoms. The molecular weight excluding hydrogens is 424 g/mol. The van der Waals surface area contributed by atoms with Crippen LogP contribution in [0.15, 0.2) is 60.1 Å². The molecule has 0 bridgehead atoms. The lowest BCUT2D eigenvalue weighted by Gasteiger charge is -2.30. The minimum Gasteiger partial charge on any atom is -0.496 e. The predicted octanol–water partition coefficient (Wildman–Crippen LogP) is 4.71. The van der Waals surface area contributed by atoms with Crippen LogP contribution < -0.4 is 9.64 Å². The van der Waals surface area contributed by atoms with E-state index in [1.807, 2.05) is 29.6 Å². The fraction of sp³-hybridized carbons (Fsp3) is 0.280. The van der Waals surface area contributed by atoms with Gasteiger partial charge in [0.05, 0.1) is 13.2 Å². The van der Waals surface area contributed by atoms with E-state index < -0.39 is 29.1 Å². The van der Waals surface area contributed by atoms with Crippen molar-refractivity contribution >= 4 is 34.5 Å². The lowest BCUT2D eigenvalue weighted by molar-refractivity contribution is -0.141. The first-order valence-corrected chi connectivity index (χ1v) is 11.2. The topological polar surface area (TPSA) is 76.6 Å². The molecule has 1 aliphatic heterocycles. The van der Waals surface area contributed by atoms with E-state index in [4.69, 9.17) is 4.74 Å². The minimum absolute atomic E-state index is 0.270. The summed E-state index contributed by atoms with van der Waals surface area (Å²) >= 11 is 1.52. The number of Topliss-reactive ketones (excluding diaryl/α,β-unsaturated/α-hetero) is 2. The Morgan fingerprint density at radius 2 is 1.75 bits per heavy atom. The monoisotopic (exact) mass is 448 g/mol. The van der Waals surface area contributed by atoms with Crippen LogP contribution in [0.3, 0.4) is 0 Å². The summed E-state index contributed by atoms with van der Waals surface area (Å²) in [5.74, 6) is -2.24. The van der Waals surface area contributed by atoms with E-state index in [-0.39, 0.29) is 5.78 Å². The molecule has 1 aliphatic rings. The van der Waals surface area contributed by atoms with Gasteiger partial charge in [0.15, 0.2) is 5.78 Å². The van der Waals surface area contributed by atoms with Crippen LogP contribution in [0.25, 0.3) is 10.6 Å². The second-order valence-corrected chi connectivity index (χ2v) is 9.60. The van der Waals surface area contributed by atoms with Crippen molar-refractivity contribution in [1.29, 1.82) is 0 Å². The Bertz CT molecular complexity index is 1160. The summed E-state index contributed by atoms with van der Waals surface area (Å²) in [5.41, 5.74) is 1.30. The van der Waals surface area contributed by atoms with Crippen LogP contribution in [0.5, 0.6) is 5.75 Å². The number of carbonyl (C=O) groups is 3. The first-order chi connectivity index (χ1) is 15.2. The van der Waals surface area contributed by atoms with Gasteiger partial charge >= 0.3 is 0 Å². The van der Waals surface area contributed by atoms with E-state index in [2.05, 4.69) is 4.98 Å². The highest BCUT2D eigenvalue weighted by Crippen LogP contribution is 2.45. The molecule has 1 saturated heterocycles. The molecule has 0 spiro atoms. The summed E-state index contributed by atoms with van der Waals surface area (Å²) in [4.78, 5) is 45.5. The van der Waals surface area contributed by atoms with Gasteiger partial charge in [0.1, 0.15) is 16.7 Å². The van der Waals surface area contributed by atoms with Gasteiger partial charge in [-0.1, -0.05) is 39.0 Å². The second kappa shape index (κ2) is 8.31. The summed E-state index contributed by atoms with van der Waals surface area (Å²) in [6, 6.07) is 13.7. The number of amides is 1. The second-order valence-electron chi connectivity index (χ2n) is 8.70. The van der Waals surface area contributed by atoms with E-state index in [0.29, 0.717) is 17.0 Å². The average molecular weight is 449 g/mol. The molecule has 2 aromatic carbocycles. The fourth-order valence-electron chi connectivity index (χ4n) is 4.04. The Morgan fingerprint density at radius 3 is 2.34 bits per heavy atom. The van der Waals surface area contributed by atoms with E-state index in [0.717, 1.165) is 10.6 Å². The molecule has 2 atom stereocenters. The number of aromatic nitrogens is 1. The van der Waals surface area contributed by atoms with E-state index in [9.17, 15) is 14.4 Å². The molecule has 3 aromatic rings. The van der Waals surface area contributed by atoms with Crippen molar-refractivity contribution in [3.05, 3.63) is 65.7 Å². The molecule has 2 unspecified atom stereocenters. The number of hydrogen-bond acceptors (Lipinski definition) is 6. The molecule has 6 nitrogen and oxygen atoms in total. The zero-order valence-corrected chi connectivity index (χ0v) is 19.2. The maximum Gasteiger partial charge on any atom is 0.295 e. The number of para-hydroxylation sites is 1. The molecule has 1 fully saturated rings. The highest BCUT2D eigenvalue weighted by molar-refractivity contribution is 7.13. The van der Waals surface area contributed by atoms with Crippen LogP contribution in [0, 0.1) is 11.3 Å². The van der Waals surface area contributed by atoms with Gasteiger partial charge in [-0.3, -0.25) is 19.3 Å². The Labute approximate surface area is 190 Å². The third-order valence-corrected chi connectivity index (χ3v) is 6.43. The number of benzene rings is 2. The van der Waals surface area contributed by atoms with Gasteiger partial charge in [-0.15, -0.1) is 11.3 Å². The van der Waals surface area contributed by atoms with E-state index >= 15 is 0 Å². The molecule has 0 radical (unpaired) electrons. The number of carbonyl (C=O) groups excluding carboxylic acids is 3. The number of ether oxygens (including phenoxy) is 1. The van der Waals surface area contributed by atoms with Crippen molar-refractivity contribution in [3.63, 3.8) is 0 Å². The van der Waals surface area contributed by atoms with Gasteiger partial charge in [0, 0.05) is 33.8 Å². The predicted molar refractivity (Wildman–Crippen MR) is 124 cm³/mol. The molecule has 1 aromatic heterocycles. The summed E-state index contributed by atoms with van der Waals surface area (Å²) in [5, 5.41) is 2.76. The number of rotatable bonds is 5. The van der Waals surface area contributed by atoms with Crippen LogP contribution in [0.2, 0.25) is 0 Å². The van der Waals surface area contributed by atoms with E-state index in [1.165, 1.54) is 23.3 Å². The van der Waals surface area contributed by atoms with Gasteiger partial charge in [0.2, 0.25) is 5.78 Å². The van der Waals surface area contributed by atoms with Crippen molar-refractivity contribution in [2.24, 2.45) is 11.3 Å². The summed E-state index contributed by atoms with van der Waals surface area (Å²) < 4.78 is 5.53. The fourth-order valence-corrected chi connectivity index (χ4v) is 4.68. The van der Waals surface area contributed by atoms with Crippen LogP contribution in [-0.4, -0.2) is 29.6 Å². The number of ketones is 2. The summed E-state index contributed by atoms with van der Waals surface area (Å²) in [7, 11) is 1.53. The number of anilines is 1. The SMILES string of the molecule is COc1ccccc1C1C(C(=O)C(C)(C)C)C(=O)C(=O)N1c1ccc(-c2nccs2)cc1. The Kier molecular flexibility index (Phi) is 5.69. The molecule has 0 N–H and O–H groups in total. The number of methoxy groups -OCH3 is 1. The normalized spacial score (nSPS) is 18.8. The van der Waals surface area contributed by atoms with Crippen molar-refractivity contribution < 1.29 is 19.1 Å². The Hall–Kier alpha value is -3.32. The van der Waals surface area contributed by atoms with Gasteiger partial charge in [-0.2, -0.15) is 0 Å². The van der Waals surface area contributed by atoms with Crippen molar-refractivity contribution in [2.45, 2.75) is 26.8 Å². The number of thiazole rings is 1. The molecule has 7 heteroatoms. The van der Waals surface area contributed by atoms with Gasteiger partial charge in [-0.25, -0.2) is 4.98 Å². The van der Waals surface area contributed by atoms with E-state index in [1.54, 1.807) is 51.2 Å². The Balaban J connectivity index is 1.85. The molecule has 1 amide bonds. The van der Waals surface area contributed by atoms with Gasteiger partial charge < -0.3 is 4.74 Å². The van der Waals surface area contributed by atoms with Gasteiger partial charge in [-0.05, 0) is 30.3 Å². The van der Waals surface area contributed by atoms with Crippen LogP contribution >= 0.6 is 11.3 Å². The number of nitrogens with zero attached hydrogens (tertiary/aromatic N) is 2. The molecule has 2 heterocycles.